The van der Waals surface area contributed by atoms with Gasteiger partial charge in [0.05, 0.1) is 19.9 Å². The molecule has 2 amide bonds. The highest BCUT2D eigenvalue weighted by atomic mass is 35.5. The summed E-state index contributed by atoms with van der Waals surface area (Å²) in [5.74, 6) is 0.634. The molecule has 1 saturated heterocycles. The largest absolute Gasteiger partial charge is 0.497 e. The fourth-order valence-corrected chi connectivity index (χ4v) is 3.09. The van der Waals surface area contributed by atoms with Crippen LogP contribution in [0.4, 0.5) is 5.69 Å². The first-order valence-electron chi connectivity index (χ1n) is 8.69. The van der Waals surface area contributed by atoms with Gasteiger partial charge in [0.1, 0.15) is 23.6 Å². The second kappa shape index (κ2) is 9.43. The van der Waals surface area contributed by atoms with Gasteiger partial charge in [0.2, 0.25) is 11.8 Å². The normalized spacial score (nSPS) is 16.9. The number of ether oxygens (including phenoxy) is 2. The highest BCUT2D eigenvalue weighted by Gasteiger charge is 2.35. The average Bonchev–Trinajstić information content (AvgIpc) is 3.07. The minimum absolute atomic E-state index is 0. The monoisotopic (exact) mass is 405 g/mol. The molecule has 28 heavy (non-hydrogen) atoms. The predicted molar refractivity (Wildman–Crippen MR) is 109 cm³/mol. The van der Waals surface area contributed by atoms with Gasteiger partial charge in [-0.1, -0.05) is 30.3 Å². The second-order valence-corrected chi connectivity index (χ2v) is 6.30. The molecule has 2 atom stereocenters. The van der Waals surface area contributed by atoms with Gasteiger partial charge < -0.3 is 25.4 Å². The average molecular weight is 406 g/mol. The summed E-state index contributed by atoms with van der Waals surface area (Å²) in [5.41, 5.74) is 7.38. The maximum absolute atomic E-state index is 12.8. The molecule has 0 saturated carbocycles. The van der Waals surface area contributed by atoms with Crippen LogP contribution in [-0.4, -0.2) is 38.6 Å². The first-order chi connectivity index (χ1) is 13.0. The number of amides is 2. The van der Waals surface area contributed by atoms with Crippen LogP contribution in [0.5, 0.6) is 11.5 Å². The number of benzene rings is 2. The predicted octanol–water partition coefficient (Wildman–Crippen LogP) is 2.05. The summed E-state index contributed by atoms with van der Waals surface area (Å²) in [6, 6.07) is 12.9. The van der Waals surface area contributed by atoms with Gasteiger partial charge in [-0.05, 0) is 12.0 Å². The van der Waals surface area contributed by atoms with E-state index in [4.69, 9.17) is 15.2 Å². The summed E-state index contributed by atoms with van der Waals surface area (Å²) in [5, 5.41) is 2.77. The number of nitrogens with one attached hydrogen (secondary N) is 1. The van der Waals surface area contributed by atoms with Crippen molar-refractivity contribution in [2.45, 2.75) is 18.5 Å². The number of rotatable bonds is 6. The number of hydrogen-bond donors (Lipinski definition) is 2. The number of nitrogens with zero attached hydrogens (tertiary/aromatic N) is 1. The van der Waals surface area contributed by atoms with E-state index in [2.05, 4.69) is 5.32 Å². The van der Waals surface area contributed by atoms with E-state index in [1.165, 1.54) is 0 Å². The Morgan fingerprint density at radius 1 is 1.14 bits per heavy atom. The summed E-state index contributed by atoms with van der Waals surface area (Å²) >= 11 is 0. The minimum Gasteiger partial charge on any atom is -0.497 e. The number of nitrogens with two attached hydrogens (primary N) is 1. The molecular formula is C20H24ClN3O4. The van der Waals surface area contributed by atoms with Crippen molar-refractivity contribution in [3.05, 3.63) is 54.1 Å². The number of halogens is 1. The summed E-state index contributed by atoms with van der Waals surface area (Å²) in [6.07, 6.45) is 0.506. The van der Waals surface area contributed by atoms with Crippen LogP contribution < -0.4 is 25.4 Å². The van der Waals surface area contributed by atoms with E-state index in [9.17, 15) is 9.59 Å². The zero-order valence-electron chi connectivity index (χ0n) is 15.8. The van der Waals surface area contributed by atoms with Gasteiger partial charge >= 0.3 is 0 Å². The van der Waals surface area contributed by atoms with Crippen molar-refractivity contribution < 1.29 is 19.1 Å². The summed E-state index contributed by atoms with van der Waals surface area (Å²) < 4.78 is 10.5. The molecule has 3 rings (SSSR count). The Morgan fingerprint density at radius 2 is 1.75 bits per heavy atom. The molecule has 3 N–H and O–H groups in total. The zero-order valence-corrected chi connectivity index (χ0v) is 16.6. The number of hydrogen-bond acceptors (Lipinski definition) is 5. The van der Waals surface area contributed by atoms with Crippen LogP contribution in [0.2, 0.25) is 0 Å². The van der Waals surface area contributed by atoms with Crippen molar-refractivity contribution in [3.8, 4) is 11.5 Å². The lowest BCUT2D eigenvalue weighted by Crippen LogP contribution is -2.45. The van der Waals surface area contributed by atoms with Crippen LogP contribution in [0.25, 0.3) is 0 Å². The molecule has 0 spiro atoms. The maximum Gasteiger partial charge on any atom is 0.249 e. The van der Waals surface area contributed by atoms with E-state index in [0.717, 1.165) is 0 Å². The molecule has 8 heteroatoms. The van der Waals surface area contributed by atoms with Crippen LogP contribution in [-0.2, 0) is 9.59 Å². The molecule has 2 aromatic carbocycles. The van der Waals surface area contributed by atoms with Crippen LogP contribution in [0.15, 0.2) is 48.5 Å². The summed E-state index contributed by atoms with van der Waals surface area (Å²) in [7, 11) is 3.11. The molecule has 0 aromatic heterocycles. The van der Waals surface area contributed by atoms with Gasteiger partial charge in [-0.2, -0.15) is 0 Å². The Kier molecular flexibility index (Phi) is 7.25. The van der Waals surface area contributed by atoms with Crippen molar-refractivity contribution in [2.24, 2.45) is 5.73 Å². The molecule has 1 fully saturated rings. The lowest BCUT2D eigenvalue weighted by Gasteiger charge is -2.20. The fourth-order valence-electron chi connectivity index (χ4n) is 3.09. The van der Waals surface area contributed by atoms with Crippen molar-refractivity contribution in [1.29, 1.82) is 0 Å². The molecule has 0 bridgehead atoms. The molecule has 2 unspecified atom stereocenters. The Labute approximate surface area is 170 Å². The molecular weight excluding hydrogens is 382 g/mol. The molecule has 0 aliphatic carbocycles. The van der Waals surface area contributed by atoms with Crippen molar-refractivity contribution in [2.75, 3.05) is 25.7 Å². The molecule has 1 aliphatic heterocycles. The quantitative estimate of drug-likeness (QED) is 0.767. The standard InChI is InChI=1S/C20H23N3O4.ClH/c1-26-15-10-14(11-16(12-15)27-2)23-9-8-17(20(23)25)22-19(24)18(21)13-6-4-3-5-7-13;/h3-7,10-12,17-18H,8-9,21H2,1-2H3,(H,22,24);1H. The molecule has 2 aromatic rings. The van der Waals surface area contributed by atoms with Gasteiger partial charge in [-0.25, -0.2) is 0 Å². The van der Waals surface area contributed by atoms with Crippen LogP contribution in [0.3, 0.4) is 0 Å². The number of anilines is 1. The van der Waals surface area contributed by atoms with Crippen LogP contribution in [0, 0.1) is 0 Å². The van der Waals surface area contributed by atoms with Crippen LogP contribution in [0.1, 0.15) is 18.0 Å². The van der Waals surface area contributed by atoms with Gasteiger partial charge in [0, 0.05) is 24.7 Å². The molecule has 1 heterocycles. The zero-order chi connectivity index (χ0) is 19.4. The van der Waals surface area contributed by atoms with Gasteiger partial charge in [-0.3, -0.25) is 9.59 Å². The minimum atomic E-state index is -0.815. The number of methoxy groups -OCH3 is 2. The maximum atomic E-state index is 12.8. The highest BCUT2D eigenvalue weighted by molar-refractivity contribution is 6.02. The van der Waals surface area contributed by atoms with Crippen LogP contribution >= 0.6 is 12.4 Å². The van der Waals surface area contributed by atoms with Crippen molar-refractivity contribution >= 4 is 29.9 Å². The smallest absolute Gasteiger partial charge is 0.249 e. The van der Waals surface area contributed by atoms with Crippen molar-refractivity contribution in [3.63, 3.8) is 0 Å². The van der Waals surface area contributed by atoms with E-state index in [0.29, 0.717) is 35.7 Å². The first-order valence-corrected chi connectivity index (χ1v) is 8.69. The van der Waals surface area contributed by atoms with E-state index in [1.54, 1.807) is 49.5 Å². The van der Waals surface area contributed by atoms with Crippen molar-refractivity contribution in [1.82, 2.24) is 5.32 Å². The van der Waals surface area contributed by atoms with E-state index in [1.807, 2.05) is 18.2 Å². The molecule has 7 nitrogen and oxygen atoms in total. The first kappa shape index (κ1) is 21.5. The SMILES string of the molecule is COc1cc(OC)cc(N2CCC(NC(=O)C(N)c3ccccc3)C2=O)c1.Cl. The number of carbonyl (C=O) groups excluding carboxylic acids is 2. The topological polar surface area (TPSA) is 93.9 Å². The van der Waals surface area contributed by atoms with Gasteiger partial charge in [0.15, 0.2) is 0 Å². The molecule has 150 valence electrons. The third-order valence-corrected chi connectivity index (χ3v) is 4.61. The summed E-state index contributed by atoms with van der Waals surface area (Å²) in [6.45, 7) is 0.487. The Hall–Kier alpha value is -2.77. The Bertz CT molecular complexity index is 809. The third kappa shape index (κ3) is 4.55. The fraction of sp³-hybridized carbons (Fsp3) is 0.300. The lowest BCUT2D eigenvalue weighted by atomic mass is 10.1. The Morgan fingerprint density at radius 3 is 2.32 bits per heavy atom. The molecule has 0 radical (unpaired) electrons. The van der Waals surface area contributed by atoms with Gasteiger partial charge in [-0.15, -0.1) is 12.4 Å². The molecule has 1 aliphatic rings. The highest BCUT2D eigenvalue weighted by Crippen LogP contribution is 2.31. The summed E-state index contributed by atoms with van der Waals surface area (Å²) in [4.78, 5) is 26.8. The lowest BCUT2D eigenvalue weighted by molar-refractivity contribution is -0.127. The number of carbonyl (C=O) groups is 2. The van der Waals surface area contributed by atoms with Gasteiger partial charge in [0.25, 0.3) is 0 Å². The van der Waals surface area contributed by atoms with E-state index >= 15 is 0 Å². The van der Waals surface area contributed by atoms with E-state index < -0.39 is 12.1 Å². The Balaban J connectivity index is 0.00000280. The second-order valence-electron chi connectivity index (χ2n) is 6.30. The van der Waals surface area contributed by atoms with E-state index in [-0.39, 0.29) is 24.2 Å². The third-order valence-electron chi connectivity index (χ3n) is 4.61.